The quantitative estimate of drug-likeness (QED) is 0.938. The minimum absolute atomic E-state index is 0.0688. The molecule has 1 aromatic heterocycles. The zero-order valence-corrected chi connectivity index (χ0v) is 11.9. The Morgan fingerprint density at radius 3 is 2.68 bits per heavy atom. The van der Waals surface area contributed by atoms with Crippen molar-refractivity contribution < 1.29 is 14.6 Å². The van der Waals surface area contributed by atoms with Crippen molar-refractivity contribution in [1.82, 2.24) is 9.97 Å². The van der Waals surface area contributed by atoms with E-state index in [4.69, 9.17) is 9.84 Å². The molecule has 2 aromatic rings. The molecule has 0 atom stereocenters. The van der Waals surface area contributed by atoms with E-state index in [0.717, 1.165) is 10.0 Å². The second-order valence-electron chi connectivity index (χ2n) is 3.97. The van der Waals surface area contributed by atoms with Crippen molar-refractivity contribution in [2.45, 2.75) is 13.8 Å². The Balaban J connectivity index is 2.26. The SMILES string of the molecule is Cc1cc(Oc2ncc(C(=O)O)c(C)n2)ccc1Br. The molecule has 0 saturated heterocycles. The molecule has 1 aromatic carbocycles. The van der Waals surface area contributed by atoms with Gasteiger partial charge < -0.3 is 9.84 Å². The average Bonchev–Trinajstić information content (AvgIpc) is 2.33. The van der Waals surface area contributed by atoms with E-state index >= 15 is 0 Å². The van der Waals surface area contributed by atoms with Gasteiger partial charge in [0, 0.05) is 10.7 Å². The minimum atomic E-state index is -1.05. The Hall–Kier alpha value is -1.95. The average molecular weight is 323 g/mol. The van der Waals surface area contributed by atoms with E-state index < -0.39 is 5.97 Å². The summed E-state index contributed by atoms with van der Waals surface area (Å²) in [5, 5.41) is 8.89. The lowest BCUT2D eigenvalue weighted by atomic mass is 10.2. The van der Waals surface area contributed by atoms with Crippen LogP contribution in [0.25, 0.3) is 0 Å². The van der Waals surface area contributed by atoms with Crippen LogP contribution in [-0.2, 0) is 0 Å². The van der Waals surface area contributed by atoms with Gasteiger partial charge in [0.05, 0.1) is 11.3 Å². The van der Waals surface area contributed by atoms with Gasteiger partial charge in [-0.3, -0.25) is 0 Å². The largest absolute Gasteiger partial charge is 0.478 e. The van der Waals surface area contributed by atoms with Crippen LogP contribution < -0.4 is 4.74 Å². The highest BCUT2D eigenvalue weighted by atomic mass is 79.9. The van der Waals surface area contributed by atoms with Gasteiger partial charge in [-0.1, -0.05) is 15.9 Å². The Morgan fingerprint density at radius 1 is 1.37 bits per heavy atom. The third kappa shape index (κ3) is 3.08. The van der Waals surface area contributed by atoms with Crippen LogP contribution in [0.1, 0.15) is 21.6 Å². The molecule has 0 fully saturated rings. The first-order valence-corrected chi connectivity index (χ1v) is 6.27. The van der Waals surface area contributed by atoms with Gasteiger partial charge in [0.2, 0.25) is 0 Å². The number of nitrogens with zero attached hydrogens (tertiary/aromatic N) is 2. The van der Waals surface area contributed by atoms with Crippen molar-refractivity contribution in [3.05, 3.63) is 45.7 Å². The van der Waals surface area contributed by atoms with Crippen molar-refractivity contribution in [2.24, 2.45) is 0 Å². The molecule has 0 aliphatic rings. The van der Waals surface area contributed by atoms with Gasteiger partial charge >= 0.3 is 12.0 Å². The second-order valence-corrected chi connectivity index (χ2v) is 4.82. The van der Waals surface area contributed by atoms with Crippen LogP contribution in [0.3, 0.4) is 0 Å². The number of ether oxygens (including phenoxy) is 1. The van der Waals surface area contributed by atoms with Crippen LogP contribution in [-0.4, -0.2) is 21.0 Å². The van der Waals surface area contributed by atoms with Crippen LogP contribution in [0.5, 0.6) is 11.8 Å². The van der Waals surface area contributed by atoms with Gasteiger partial charge in [-0.15, -0.1) is 0 Å². The fourth-order valence-electron chi connectivity index (χ4n) is 1.49. The number of hydrogen-bond donors (Lipinski definition) is 1. The van der Waals surface area contributed by atoms with Crippen LogP contribution in [0.2, 0.25) is 0 Å². The Kier molecular flexibility index (Phi) is 3.80. The Bertz CT molecular complexity index is 644. The van der Waals surface area contributed by atoms with Crippen molar-refractivity contribution >= 4 is 21.9 Å². The van der Waals surface area contributed by atoms with Crippen LogP contribution >= 0.6 is 15.9 Å². The summed E-state index contributed by atoms with van der Waals surface area (Å²) in [6, 6.07) is 5.61. The Labute approximate surface area is 118 Å². The monoisotopic (exact) mass is 322 g/mol. The molecule has 0 unspecified atom stereocenters. The minimum Gasteiger partial charge on any atom is -0.478 e. The number of benzene rings is 1. The first-order valence-electron chi connectivity index (χ1n) is 5.48. The van der Waals surface area contributed by atoms with Gasteiger partial charge in [-0.2, -0.15) is 4.98 Å². The molecular formula is C13H11BrN2O3. The fourth-order valence-corrected chi connectivity index (χ4v) is 1.74. The molecule has 5 nitrogen and oxygen atoms in total. The van der Waals surface area contributed by atoms with Gasteiger partial charge in [-0.25, -0.2) is 9.78 Å². The number of halogens is 1. The van der Waals surface area contributed by atoms with Gasteiger partial charge in [-0.05, 0) is 37.6 Å². The number of rotatable bonds is 3. The lowest BCUT2D eigenvalue weighted by Crippen LogP contribution is -2.04. The van der Waals surface area contributed by atoms with E-state index in [1.165, 1.54) is 6.20 Å². The molecule has 2 rings (SSSR count). The van der Waals surface area contributed by atoms with Gasteiger partial charge in [0.1, 0.15) is 5.75 Å². The predicted molar refractivity (Wildman–Crippen MR) is 72.7 cm³/mol. The standard InChI is InChI=1S/C13H11BrN2O3/c1-7-5-9(3-4-11(7)14)19-13-15-6-10(12(17)18)8(2)16-13/h3-6H,1-2H3,(H,17,18). The maximum absolute atomic E-state index is 10.8. The number of carboxylic acids is 1. The number of aromatic nitrogens is 2. The molecule has 0 bridgehead atoms. The maximum Gasteiger partial charge on any atom is 0.339 e. The van der Waals surface area contributed by atoms with Crippen molar-refractivity contribution in [2.75, 3.05) is 0 Å². The number of aromatic carboxylic acids is 1. The molecule has 0 aliphatic carbocycles. The molecule has 0 amide bonds. The lowest BCUT2D eigenvalue weighted by Gasteiger charge is -2.07. The molecule has 0 aliphatic heterocycles. The van der Waals surface area contributed by atoms with Crippen LogP contribution in [0, 0.1) is 13.8 Å². The van der Waals surface area contributed by atoms with Gasteiger partial charge in [0.25, 0.3) is 0 Å². The number of carboxylic acid groups (broad SMARTS) is 1. The normalized spacial score (nSPS) is 10.3. The summed E-state index contributed by atoms with van der Waals surface area (Å²) in [6.45, 7) is 3.54. The Morgan fingerprint density at radius 2 is 2.11 bits per heavy atom. The summed E-state index contributed by atoms with van der Waals surface area (Å²) in [5.41, 5.74) is 1.46. The summed E-state index contributed by atoms with van der Waals surface area (Å²) in [6.07, 6.45) is 1.24. The summed E-state index contributed by atoms with van der Waals surface area (Å²) >= 11 is 3.40. The molecule has 0 radical (unpaired) electrons. The summed E-state index contributed by atoms with van der Waals surface area (Å²) < 4.78 is 6.48. The highest BCUT2D eigenvalue weighted by Crippen LogP contribution is 2.24. The molecule has 1 N–H and O–H groups in total. The molecule has 0 saturated carbocycles. The maximum atomic E-state index is 10.8. The van der Waals surface area contributed by atoms with E-state index in [2.05, 4.69) is 25.9 Å². The van der Waals surface area contributed by atoms with Gasteiger partial charge in [0.15, 0.2) is 0 Å². The van der Waals surface area contributed by atoms with E-state index in [1.807, 2.05) is 19.1 Å². The molecule has 6 heteroatoms. The molecule has 1 heterocycles. The van der Waals surface area contributed by atoms with Crippen LogP contribution in [0.4, 0.5) is 0 Å². The lowest BCUT2D eigenvalue weighted by molar-refractivity contribution is 0.0695. The highest BCUT2D eigenvalue weighted by Gasteiger charge is 2.11. The first kappa shape index (κ1) is 13.5. The van der Waals surface area contributed by atoms with Crippen molar-refractivity contribution in [1.29, 1.82) is 0 Å². The number of aryl methyl sites for hydroxylation is 2. The molecule has 19 heavy (non-hydrogen) atoms. The summed E-state index contributed by atoms with van der Waals surface area (Å²) in [5.74, 6) is -0.452. The second kappa shape index (κ2) is 5.36. The van der Waals surface area contributed by atoms with Crippen molar-refractivity contribution in [3.63, 3.8) is 0 Å². The molecular weight excluding hydrogens is 312 g/mol. The molecule has 0 spiro atoms. The third-order valence-electron chi connectivity index (χ3n) is 2.53. The zero-order valence-electron chi connectivity index (χ0n) is 10.3. The zero-order chi connectivity index (χ0) is 14.0. The summed E-state index contributed by atoms with van der Waals surface area (Å²) in [7, 11) is 0. The van der Waals surface area contributed by atoms with E-state index in [9.17, 15) is 4.79 Å². The van der Waals surface area contributed by atoms with Crippen LogP contribution in [0.15, 0.2) is 28.9 Å². The first-order chi connectivity index (χ1) is 8.97. The highest BCUT2D eigenvalue weighted by molar-refractivity contribution is 9.10. The topological polar surface area (TPSA) is 72.3 Å². The predicted octanol–water partition coefficient (Wildman–Crippen LogP) is 3.35. The summed E-state index contributed by atoms with van der Waals surface area (Å²) in [4.78, 5) is 18.7. The van der Waals surface area contributed by atoms with E-state index in [0.29, 0.717) is 11.4 Å². The smallest absolute Gasteiger partial charge is 0.339 e. The third-order valence-corrected chi connectivity index (χ3v) is 3.42. The fraction of sp³-hybridized carbons (Fsp3) is 0.154. The van der Waals surface area contributed by atoms with Crippen molar-refractivity contribution in [3.8, 4) is 11.8 Å². The number of hydrogen-bond acceptors (Lipinski definition) is 4. The van der Waals surface area contributed by atoms with E-state index in [1.54, 1.807) is 13.0 Å². The molecule has 98 valence electrons. The van der Waals surface area contributed by atoms with E-state index in [-0.39, 0.29) is 11.6 Å². The number of carbonyl (C=O) groups is 1.